The average Bonchev–Trinajstić information content (AvgIpc) is 3.06. The van der Waals surface area contributed by atoms with Crippen molar-refractivity contribution < 1.29 is 4.79 Å². The van der Waals surface area contributed by atoms with E-state index in [1.807, 2.05) is 71.7 Å². The maximum absolute atomic E-state index is 12.7. The first-order chi connectivity index (χ1) is 14.4. The fraction of sp³-hybridized carbons (Fsp3) is 0.167. The number of nitrogens with zero attached hydrogens (tertiary/aromatic N) is 2. The van der Waals surface area contributed by atoms with E-state index < -0.39 is 0 Å². The van der Waals surface area contributed by atoms with E-state index in [1.165, 1.54) is 0 Å². The lowest BCUT2D eigenvalue weighted by Crippen LogP contribution is -2.38. The molecule has 1 amide bonds. The quantitative estimate of drug-likeness (QED) is 0.505. The number of carbonyl (C=O) groups is 1. The van der Waals surface area contributed by atoms with Gasteiger partial charge < -0.3 is 5.32 Å². The molecule has 4 rings (SSSR count). The zero-order chi connectivity index (χ0) is 21.1. The molecule has 1 aliphatic heterocycles. The Balaban J connectivity index is 1.60. The summed E-state index contributed by atoms with van der Waals surface area (Å²) in [6, 6.07) is 25.5. The van der Waals surface area contributed by atoms with Gasteiger partial charge in [0.05, 0.1) is 17.7 Å². The number of hydrazone groups is 1. The largest absolute Gasteiger partial charge is 0.324 e. The number of carbonyl (C=O) groups excluding carboxylic acids is 1. The van der Waals surface area contributed by atoms with Crippen LogP contribution in [0, 0.1) is 0 Å². The van der Waals surface area contributed by atoms with Crippen LogP contribution in [0.5, 0.6) is 0 Å². The van der Waals surface area contributed by atoms with E-state index in [0.717, 1.165) is 27.0 Å². The van der Waals surface area contributed by atoms with Crippen LogP contribution in [-0.4, -0.2) is 29.7 Å². The number of hydrogen-bond acceptors (Lipinski definition) is 3. The molecular weight excluding hydrogens is 462 g/mol. The van der Waals surface area contributed by atoms with Crippen LogP contribution in [0.1, 0.15) is 18.1 Å². The number of nitrogens with one attached hydrogen (secondary N) is 1. The van der Waals surface area contributed by atoms with Crippen molar-refractivity contribution in [2.24, 2.45) is 5.10 Å². The second-order valence-corrected chi connectivity index (χ2v) is 8.89. The predicted molar refractivity (Wildman–Crippen MR) is 126 cm³/mol. The molecule has 0 spiro atoms. The van der Waals surface area contributed by atoms with Crippen molar-refractivity contribution in [1.82, 2.24) is 5.01 Å². The van der Waals surface area contributed by atoms with Crippen molar-refractivity contribution in [2.75, 3.05) is 18.4 Å². The minimum Gasteiger partial charge on any atom is -0.324 e. The predicted octanol–water partition coefficient (Wildman–Crippen LogP) is 5.72. The molecule has 0 aliphatic carbocycles. The highest BCUT2D eigenvalue weighted by molar-refractivity contribution is 9.10. The van der Waals surface area contributed by atoms with Gasteiger partial charge in [-0.1, -0.05) is 76.1 Å². The molecule has 4 nitrogen and oxygen atoms in total. The Morgan fingerprint density at radius 3 is 2.53 bits per heavy atom. The molecule has 30 heavy (non-hydrogen) atoms. The maximum atomic E-state index is 12.7. The lowest BCUT2D eigenvalue weighted by Gasteiger charge is -2.27. The van der Waals surface area contributed by atoms with Crippen molar-refractivity contribution in [2.45, 2.75) is 12.3 Å². The van der Waals surface area contributed by atoms with Crippen molar-refractivity contribution in [1.29, 1.82) is 0 Å². The van der Waals surface area contributed by atoms with E-state index >= 15 is 0 Å². The Morgan fingerprint density at radius 1 is 1.10 bits per heavy atom. The number of rotatable bonds is 5. The van der Waals surface area contributed by atoms with Gasteiger partial charge >= 0.3 is 0 Å². The zero-order valence-electron chi connectivity index (χ0n) is 16.5. The normalized spacial score (nSPS) is 18.2. The van der Waals surface area contributed by atoms with E-state index in [4.69, 9.17) is 16.7 Å². The van der Waals surface area contributed by atoms with Crippen LogP contribution >= 0.6 is 27.5 Å². The smallest absolute Gasteiger partial charge is 0.245 e. The molecule has 152 valence electrons. The number of halogens is 2. The van der Waals surface area contributed by atoms with Gasteiger partial charge in [-0.05, 0) is 48.4 Å². The number of hydrogen-bond donors (Lipinski definition) is 1. The van der Waals surface area contributed by atoms with Gasteiger partial charge in [-0.2, -0.15) is 5.10 Å². The van der Waals surface area contributed by atoms with Gasteiger partial charge in [0, 0.05) is 15.2 Å². The van der Waals surface area contributed by atoms with Crippen LogP contribution in [-0.2, 0) is 10.2 Å². The molecule has 0 bridgehead atoms. The summed E-state index contributed by atoms with van der Waals surface area (Å²) in [5, 5.41) is 10.3. The number of amides is 1. The Hall–Kier alpha value is -2.63. The van der Waals surface area contributed by atoms with Crippen LogP contribution < -0.4 is 5.32 Å². The molecule has 1 heterocycles. The standard InChI is InChI=1S/C24H21BrClN3O/c1-24(18-6-3-2-4-7-18)16-29(28-23(24)17-10-12-20(26)13-11-17)15-22(30)27-21-9-5-8-19(25)14-21/h2-14H,15-16H2,1H3,(H,27,30). The van der Waals surface area contributed by atoms with Crippen molar-refractivity contribution in [3.63, 3.8) is 0 Å². The lowest BCUT2D eigenvalue weighted by molar-refractivity contribution is -0.117. The van der Waals surface area contributed by atoms with E-state index in [-0.39, 0.29) is 17.9 Å². The Bertz CT molecular complexity index is 1090. The van der Waals surface area contributed by atoms with E-state index in [0.29, 0.717) is 11.6 Å². The van der Waals surface area contributed by atoms with Crippen LogP contribution in [0.2, 0.25) is 5.02 Å². The molecule has 1 N–H and O–H groups in total. The van der Waals surface area contributed by atoms with Crippen molar-refractivity contribution in [3.05, 3.63) is 99.5 Å². The highest BCUT2D eigenvalue weighted by atomic mass is 79.9. The molecule has 1 aliphatic rings. The Kier molecular flexibility index (Phi) is 5.93. The highest BCUT2D eigenvalue weighted by Crippen LogP contribution is 2.35. The van der Waals surface area contributed by atoms with Gasteiger partial charge in [-0.15, -0.1) is 0 Å². The molecule has 0 saturated carbocycles. The maximum Gasteiger partial charge on any atom is 0.245 e. The summed E-state index contributed by atoms with van der Waals surface area (Å²) >= 11 is 9.51. The first kappa shape index (κ1) is 20.6. The van der Waals surface area contributed by atoms with Crippen LogP contribution in [0.25, 0.3) is 0 Å². The summed E-state index contributed by atoms with van der Waals surface area (Å²) in [6.07, 6.45) is 0. The molecule has 0 radical (unpaired) electrons. The van der Waals surface area contributed by atoms with Gasteiger partial charge in [0.1, 0.15) is 6.54 Å². The molecule has 3 aromatic carbocycles. The monoisotopic (exact) mass is 481 g/mol. The van der Waals surface area contributed by atoms with Crippen molar-refractivity contribution in [3.8, 4) is 0 Å². The molecule has 3 aromatic rings. The third-order valence-corrected chi connectivity index (χ3v) is 5.97. The first-order valence-corrected chi connectivity index (χ1v) is 10.8. The van der Waals surface area contributed by atoms with Crippen LogP contribution in [0.15, 0.2) is 88.4 Å². The van der Waals surface area contributed by atoms with Gasteiger partial charge in [-0.3, -0.25) is 9.80 Å². The minimum atomic E-state index is -0.342. The van der Waals surface area contributed by atoms with Gasteiger partial charge in [0.25, 0.3) is 0 Å². The third-order valence-electron chi connectivity index (χ3n) is 5.23. The summed E-state index contributed by atoms with van der Waals surface area (Å²) in [5.74, 6) is -0.107. The molecular formula is C24H21BrClN3O. The zero-order valence-corrected chi connectivity index (χ0v) is 18.8. The second kappa shape index (κ2) is 8.62. The summed E-state index contributed by atoms with van der Waals surface area (Å²) in [7, 11) is 0. The third kappa shape index (κ3) is 4.42. The molecule has 0 fully saturated rings. The summed E-state index contributed by atoms with van der Waals surface area (Å²) in [4.78, 5) is 12.7. The Labute approximate surface area is 189 Å². The average molecular weight is 483 g/mol. The molecule has 1 unspecified atom stereocenters. The van der Waals surface area contributed by atoms with Gasteiger partial charge in [0.2, 0.25) is 5.91 Å². The molecule has 6 heteroatoms. The topological polar surface area (TPSA) is 44.7 Å². The summed E-state index contributed by atoms with van der Waals surface area (Å²) in [6.45, 7) is 2.95. The van der Waals surface area contributed by atoms with Crippen LogP contribution in [0.4, 0.5) is 5.69 Å². The lowest BCUT2D eigenvalue weighted by atomic mass is 9.76. The van der Waals surface area contributed by atoms with E-state index in [2.05, 4.69) is 40.3 Å². The minimum absolute atomic E-state index is 0.107. The fourth-order valence-corrected chi connectivity index (χ4v) is 4.29. The summed E-state index contributed by atoms with van der Waals surface area (Å²) in [5.41, 5.74) is 3.50. The SMILES string of the molecule is CC1(c2ccccc2)CN(CC(=O)Nc2cccc(Br)c2)N=C1c1ccc(Cl)cc1. The first-order valence-electron chi connectivity index (χ1n) is 9.65. The molecule has 0 aromatic heterocycles. The van der Waals surface area contributed by atoms with Gasteiger partial charge in [0.15, 0.2) is 0 Å². The summed E-state index contributed by atoms with van der Waals surface area (Å²) < 4.78 is 0.918. The fourth-order valence-electron chi connectivity index (χ4n) is 3.77. The van der Waals surface area contributed by atoms with Gasteiger partial charge in [-0.25, -0.2) is 0 Å². The molecule has 1 atom stereocenters. The van der Waals surface area contributed by atoms with Crippen molar-refractivity contribution >= 4 is 44.8 Å². The van der Waals surface area contributed by atoms with E-state index in [1.54, 1.807) is 0 Å². The van der Waals surface area contributed by atoms with E-state index in [9.17, 15) is 4.79 Å². The number of anilines is 1. The Morgan fingerprint density at radius 2 is 1.83 bits per heavy atom. The number of benzene rings is 3. The van der Waals surface area contributed by atoms with Crippen LogP contribution in [0.3, 0.4) is 0 Å². The molecule has 0 saturated heterocycles. The highest BCUT2D eigenvalue weighted by Gasteiger charge is 2.41. The second-order valence-electron chi connectivity index (χ2n) is 7.53.